The predicted octanol–water partition coefficient (Wildman–Crippen LogP) is 3.82. The number of fused-ring (bicyclic) bond motifs is 1. The zero-order chi connectivity index (χ0) is 13.2. The lowest BCUT2D eigenvalue weighted by atomic mass is 10.1. The van der Waals surface area contributed by atoms with Gasteiger partial charge in [0.05, 0.1) is 11.3 Å². The van der Waals surface area contributed by atoms with Gasteiger partial charge < -0.3 is 4.90 Å². The first-order valence-electron chi connectivity index (χ1n) is 6.22. The van der Waals surface area contributed by atoms with E-state index in [9.17, 15) is 5.26 Å². The van der Waals surface area contributed by atoms with E-state index in [1.807, 2.05) is 18.2 Å². The molecule has 1 aliphatic rings. The minimum Gasteiger partial charge on any atom is -0.362 e. The summed E-state index contributed by atoms with van der Waals surface area (Å²) in [7, 11) is 0. The molecule has 0 atom stereocenters. The standard InChI is InChI=1S/C16H13ClN2/c17-8-12-5-6-16(15(7-12)9-18)19-10-13-3-1-2-4-14(13)11-19/h1-7H,8,10-11H2. The summed E-state index contributed by atoms with van der Waals surface area (Å²) in [5.74, 6) is 0.440. The molecule has 2 nitrogen and oxygen atoms in total. The third-order valence-electron chi connectivity index (χ3n) is 3.52. The molecule has 0 amide bonds. The normalized spacial score (nSPS) is 13.2. The first-order chi connectivity index (χ1) is 9.31. The Labute approximate surface area is 117 Å². The van der Waals surface area contributed by atoms with Gasteiger partial charge in [0.1, 0.15) is 6.07 Å². The second-order valence-electron chi connectivity index (χ2n) is 4.72. The minimum atomic E-state index is 0.440. The predicted molar refractivity (Wildman–Crippen MR) is 77.0 cm³/mol. The molecule has 0 spiro atoms. The van der Waals surface area contributed by atoms with Gasteiger partial charge in [-0.25, -0.2) is 0 Å². The van der Waals surface area contributed by atoms with Crippen molar-refractivity contribution in [3.63, 3.8) is 0 Å². The molecule has 0 saturated carbocycles. The average Bonchev–Trinajstić information content (AvgIpc) is 2.90. The van der Waals surface area contributed by atoms with E-state index < -0.39 is 0 Å². The van der Waals surface area contributed by atoms with Crippen LogP contribution in [0.1, 0.15) is 22.3 Å². The lowest BCUT2D eigenvalue weighted by molar-refractivity contribution is 0.878. The third kappa shape index (κ3) is 2.18. The molecule has 0 unspecified atom stereocenters. The molecular formula is C16H13ClN2. The molecule has 3 heteroatoms. The number of alkyl halides is 1. The number of benzene rings is 2. The highest BCUT2D eigenvalue weighted by molar-refractivity contribution is 6.17. The SMILES string of the molecule is N#Cc1cc(CCl)ccc1N1Cc2ccccc2C1. The highest BCUT2D eigenvalue weighted by atomic mass is 35.5. The number of anilines is 1. The minimum absolute atomic E-state index is 0.440. The van der Waals surface area contributed by atoms with Gasteiger partial charge in [-0.15, -0.1) is 11.6 Å². The number of hydrogen-bond acceptors (Lipinski definition) is 2. The van der Waals surface area contributed by atoms with Crippen molar-refractivity contribution >= 4 is 17.3 Å². The highest BCUT2D eigenvalue weighted by Gasteiger charge is 2.20. The van der Waals surface area contributed by atoms with Crippen molar-refractivity contribution in [1.29, 1.82) is 5.26 Å². The Morgan fingerprint density at radius 1 is 1.11 bits per heavy atom. The van der Waals surface area contributed by atoms with Crippen LogP contribution in [0.5, 0.6) is 0 Å². The van der Waals surface area contributed by atoms with Crippen LogP contribution in [0.3, 0.4) is 0 Å². The summed E-state index contributed by atoms with van der Waals surface area (Å²) in [6, 6.07) is 16.6. The largest absolute Gasteiger partial charge is 0.362 e. The molecule has 0 aliphatic carbocycles. The van der Waals surface area contributed by atoms with Crippen molar-refractivity contribution in [3.8, 4) is 6.07 Å². The summed E-state index contributed by atoms with van der Waals surface area (Å²) in [5, 5.41) is 9.30. The second-order valence-corrected chi connectivity index (χ2v) is 4.99. The molecule has 1 heterocycles. The van der Waals surface area contributed by atoms with Gasteiger partial charge in [0.2, 0.25) is 0 Å². The summed E-state index contributed by atoms with van der Waals surface area (Å²) in [4.78, 5) is 2.24. The Balaban J connectivity index is 1.95. The van der Waals surface area contributed by atoms with E-state index in [1.54, 1.807) is 0 Å². The second kappa shape index (κ2) is 4.95. The van der Waals surface area contributed by atoms with E-state index in [0.29, 0.717) is 11.4 Å². The van der Waals surface area contributed by atoms with E-state index in [0.717, 1.165) is 24.3 Å². The van der Waals surface area contributed by atoms with Crippen LogP contribution in [0.2, 0.25) is 0 Å². The molecule has 2 aromatic carbocycles. The van der Waals surface area contributed by atoms with Gasteiger partial charge in [-0.05, 0) is 28.8 Å². The Kier molecular flexibility index (Phi) is 3.15. The van der Waals surface area contributed by atoms with Gasteiger partial charge in [0.15, 0.2) is 0 Å². The van der Waals surface area contributed by atoms with E-state index in [2.05, 4.69) is 35.2 Å². The van der Waals surface area contributed by atoms with Gasteiger partial charge in [0.25, 0.3) is 0 Å². The van der Waals surface area contributed by atoms with Crippen LogP contribution < -0.4 is 4.90 Å². The smallest absolute Gasteiger partial charge is 0.101 e. The van der Waals surface area contributed by atoms with Crippen LogP contribution in [-0.2, 0) is 19.0 Å². The molecule has 0 bridgehead atoms. The van der Waals surface area contributed by atoms with Gasteiger partial charge >= 0.3 is 0 Å². The van der Waals surface area contributed by atoms with Crippen molar-refractivity contribution in [2.75, 3.05) is 4.90 Å². The summed E-state index contributed by atoms with van der Waals surface area (Å²) in [5.41, 5.74) is 5.36. The number of halogens is 1. The zero-order valence-corrected chi connectivity index (χ0v) is 11.2. The number of hydrogen-bond donors (Lipinski definition) is 0. The van der Waals surface area contributed by atoms with Gasteiger partial charge in [-0.1, -0.05) is 30.3 Å². The first kappa shape index (κ1) is 12.1. The number of nitrogens with zero attached hydrogens (tertiary/aromatic N) is 2. The Hall–Kier alpha value is -1.98. The molecular weight excluding hydrogens is 256 g/mol. The summed E-state index contributed by atoms with van der Waals surface area (Å²) < 4.78 is 0. The lowest BCUT2D eigenvalue weighted by Gasteiger charge is -2.19. The van der Waals surface area contributed by atoms with E-state index in [1.165, 1.54) is 11.1 Å². The van der Waals surface area contributed by atoms with E-state index in [-0.39, 0.29) is 0 Å². The Morgan fingerprint density at radius 3 is 2.37 bits per heavy atom. The summed E-state index contributed by atoms with van der Waals surface area (Å²) in [6.07, 6.45) is 0. The maximum atomic E-state index is 9.30. The van der Waals surface area contributed by atoms with Crippen molar-refractivity contribution in [3.05, 3.63) is 64.7 Å². The summed E-state index contributed by atoms with van der Waals surface area (Å²) >= 11 is 5.82. The molecule has 19 heavy (non-hydrogen) atoms. The van der Waals surface area contributed by atoms with Crippen molar-refractivity contribution < 1.29 is 0 Å². The molecule has 0 saturated heterocycles. The molecule has 0 aromatic heterocycles. The number of nitriles is 1. The van der Waals surface area contributed by atoms with Crippen molar-refractivity contribution in [1.82, 2.24) is 0 Å². The van der Waals surface area contributed by atoms with Gasteiger partial charge in [-0.3, -0.25) is 0 Å². The van der Waals surface area contributed by atoms with Crippen LogP contribution in [0, 0.1) is 11.3 Å². The molecule has 0 radical (unpaired) electrons. The molecule has 2 aromatic rings. The molecule has 0 fully saturated rings. The summed E-state index contributed by atoms with van der Waals surface area (Å²) in [6.45, 7) is 1.73. The Morgan fingerprint density at radius 2 is 1.79 bits per heavy atom. The average molecular weight is 269 g/mol. The molecule has 0 N–H and O–H groups in total. The topological polar surface area (TPSA) is 27.0 Å². The lowest BCUT2D eigenvalue weighted by Crippen LogP contribution is -2.15. The molecule has 94 valence electrons. The van der Waals surface area contributed by atoms with Gasteiger partial charge in [-0.2, -0.15) is 5.26 Å². The maximum absolute atomic E-state index is 9.30. The molecule has 1 aliphatic heterocycles. The van der Waals surface area contributed by atoms with Crippen LogP contribution in [0.25, 0.3) is 0 Å². The molecule has 3 rings (SSSR count). The quantitative estimate of drug-likeness (QED) is 0.775. The van der Waals surface area contributed by atoms with Crippen LogP contribution in [0.15, 0.2) is 42.5 Å². The zero-order valence-electron chi connectivity index (χ0n) is 10.4. The maximum Gasteiger partial charge on any atom is 0.101 e. The van der Waals surface area contributed by atoms with E-state index in [4.69, 9.17) is 11.6 Å². The van der Waals surface area contributed by atoms with Crippen LogP contribution >= 0.6 is 11.6 Å². The van der Waals surface area contributed by atoms with E-state index >= 15 is 0 Å². The Bertz CT molecular complexity index is 633. The van der Waals surface area contributed by atoms with Crippen molar-refractivity contribution in [2.45, 2.75) is 19.0 Å². The third-order valence-corrected chi connectivity index (χ3v) is 3.83. The highest BCUT2D eigenvalue weighted by Crippen LogP contribution is 2.31. The van der Waals surface area contributed by atoms with Crippen LogP contribution in [0.4, 0.5) is 5.69 Å². The number of rotatable bonds is 2. The van der Waals surface area contributed by atoms with Crippen LogP contribution in [-0.4, -0.2) is 0 Å². The van der Waals surface area contributed by atoms with Crippen molar-refractivity contribution in [2.24, 2.45) is 0 Å². The fraction of sp³-hybridized carbons (Fsp3) is 0.188. The monoisotopic (exact) mass is 268 g/mol. The van der Waals surface area contributed by atoms with Gasteiger partial charge in [0, 0.05) is 19.0 Å². The first-order valence-corrected chi connectivity index (χ1v) is 6.76. The fourth-order valence-electron chi connectivity index (χ4n) is 2.54. The fourth-order valence-corrected chi connectivity index (χ4v) is 2.70.